The van der Waals surface area contributed by atoms with Gasteiger partial charge in [0.2, 0.25) is 5.72 Å². The molecule has 1 saturated heterocycles. The molecule has 5 heteroatoms. The molecule has 0 radical (unpaired) electrons. The van der Waals surface area contributed by atoms with E-state index in [0.29, 0.717) is 13.0 Å². The molecule has 60 valence electrons. The van der Waals surface area contributed by atoms with Gasteiger partial charge in [-0.3, -0.25) is 5.32 Å². The second kappa shape index (κ2) is 3.18. The molecule has 1 atom stereocenters. The van der Waals surface area contributed by atoms with Gasteiger partial charge in [0.25, 0.3) is 0 Å². The molecular formula is C5H10ClNO3. The van der Waals surface area contributed by atoms with Crippen molar-refractivity contribution in [3.63, 3.8) is 0 Å². The van der Waals surface area contributed by atoms with Gasteiger partial charge >= 0.3 is 5.97 Å². The molecule has 10 heavy (non-hydrogen) atoms. The fourth-order valence-corrected chi connectivity index (χ4v) is 0.910. The van der Waals surface area contributed by atoms with Crippen molar-refractivity contribution in [2.45, 2.75) is 18.6 Å². The van der Waals surface area contributed by atoms with Crippen molar-refractivity contribution >= 4 is 18.4 Å². The van der Waals surface area contributed by atoms with Crippen LogP contribution < -0.4 is 5.32 Å². The van der Waals surface area contributed by atoms with E-state index in [1.807, 2.05) is 0 Å². The predicted molar refractivity (Wildman–Crippen MR) is 37.1 cm³/mol. The highest BCUT2D eigenvalue weighted by atomic mass is 35.5. The van der Waals surface area contributed by atoms with Crippen LogP contribution in [0.25, 0.3) is 0 Å². The number of halogens is 1. The Labute approximate surface area is 64.6 Å². The van der Waals surface area contributed by atoms with Gasteiger partial charge in [-0.25, -0.2) is 4.79 Å². The van der Waals surface area contributed by atoms with E-state index in [1.54, 1.807) is 0 Å². The zero-order valence-corrected chi connectivity index (χ0v) is 6.15. The fraction of sp³-hybridized carbons (Fsp3) is 0.800. The molecule has 4 nitrogen and oxygen atoms in total. The summed E-state index contributed by atoms with van der Waals surface area (Å²) >= 11 is 0. The van der Waals surface area contributed by atoms with E-state index in [1.165, 1.54) is 0 Å². The molecule has 0 aromatic rings. The average molecular weight is 168 g/mol. The quantitative estimate of drug-likeness (QED) is 0.496. The van der Waals surface area contributed by atoms with E-state index >= 15 is 0 Å². The highest BCUT2D eigenvalue weighted by molar-refractivity contribution is 5.85. The number of nitrogens with one attached hydrogen (secondary N) is 1. The average Bonchev–Trinajstić information content (AvgIpc) is 2.16. The Morgan fingerprint density at radius 2 is 2.20 bits per heavy atom. The van der Waals surface area contributed by atoms with Gasteiger partial charge in [0.15, 0.2) is 0 Å². The molecule has 1 aliphatic heterocycles. The maximum Gasteiger partial charge on any atom is 0.351 e. The summed E-state index contributed by atoms with van der Waals surface area (Å²) in [6.07, 6.45) is 1.03. The normalized spacial score (nSPS) is 31.3. The maximum atomic E-state index is 10.2. The lowest BCUT2D eigenvalue weighted by atomic mass is 10.2. The number of hydrogen-bond donors (Lipinski definition) is 3. The van der Waals surface area contributed by atoms with E-state index in [0.717, 1.165) is 6.42 Å². The van der Waals surface area contributed by atoms with E-state index in [4.69, 9.17) is 10.2 Å². The lowest BCUT2D eigenvalue weighted by molar-refractivity contribution is -0.160. The second-order valence-corrected chi connectivity index (χ2v) is 2.20. The molecule has 0 aliphatic carbocycles. The van der Waals surface area contributed by atoms with Crippen molar-refractivity contribution in [2.75, 3.05) is 6.54 Å². The molecule has 1 heterocycles. The number of hydrogen-bond acceptors (Lipinski definition) is 3. The molecule has 1 rings (SSSR count). The molecule has 0 amide bonds. The summed E-state index contributed by atoms with van der Waals surface area (Å²) in [4.78, 5) is 10.2. The van der Waals surface area contributed by atoms with Gasteiger partial charge in [-0.2, -0.15) is 0 Å². The minimum absolute atomic E-state index is 0. The Bertz CT molecular complexity index is 133. The van der Waals surface area contributed by atoms with Crippen LogP contribution in [-0.4, -0.2) is 28.5 Å². The monoisotopic (exact) mass is 167 g/mol. The maximum absolute atomic E-state index is 10.2. The Morgan fingerprint density at radius 3 is 2.40 bits per heavy atom. The second-order valence-electron chi connectivity index (χ2n) is 2.20. The largest absolute Gasteiger partial charge is 0.478 e. The number of rotatable bonds is 1. The van der Waals surface area contributed by atoms with Crippen LogP contribution in [0.2, 0.25) is 0 Å². The zero-order chi connectivity index (χ0) is 6.91. The van der Waals surface area contributed by atoms with E-state index in [2.05, 4.69) is 5.32 Å². The van der Waals surface area contributed by atoms with Crippen LogP contribution in [0, 0.1) is 0 Å². The Balaban J connectivity index is 0.000000810. The van der Waals surface area contributed by atoms with Crippen LogP contribution in [0.1, 0.15) is 12.8 Å². The lowest BCUT2D eigenvalue weighted by Gasteiger charge is -2.15. The van der Waals surface area contributed by atoms with Crippen molar-refractivity contribution in [2.24, 2.45) is 0 Å². The molecule has 0 aromatic carbocycles. The molecule has 0 aromatic heterocycles. The van der Waals surface area contributed by atoms with Crippen LogP contribution in [0.5, 0.6) is 0 Å². The topological polar surface area (TPSA) is 69.6 Å². The Hall–Kier alpha value is -0.320. The lowest BCUT2D eigenvalue weighted by Crippen LogP contribution is -2.47. The van der Waals surface area contributed by atoms with Crippen LogP contribution in [0.4, 0.5) is 0 Å². The summed E-state index contributed by atoms with van der Waals surface area (Å²) < 4.78 is 0. The third kappa shape index (κ3) is 1.59. The molecular weight excluding hydrogens is 158 g/mol. The minimum Gasteiger partial charge on any atom is -0.478 e. The summed E-state index contributed by atoms with van der Waals surface area (Å²) in [6.45, 7) is 0.586. The van der Waals surface area contributed by atoms with Crippen molar-refractivity contribution in [1.82, 2.24) is 5.32 Å². The standard InChI is InChI=1S/C5H9NO3.ClH/c7-4(8)5(9)2-1-3-6-5;/h6,9H,1-3H2,(H,7,8);1H/t5-;/m0./s1. The summed E-state index contributed by atoms with van der Waals surface area (Å²) in [5, 5.41) is 19.9. The zero-order valence-electron chi connectivity index (χ0n) is 5.33. The first-order valence-electron chi connectivity index (χ1n) is 2.86. The summed E-state index contributed by atoms with van der Waals surface area (Å²) in [5.74, 6) is -1.18. The third-order valence-electron chi connectivity index (χ3n) is 1.49. The Kier molecular flexibility index (Phi) is 3.08. The minimum atomic E-state index is -1.64. The van der Waals surface area contributed by atoms with Gasteiger partial charge < -0.3 is 10.2 Å². The molecule has 3 N–H and O–H groups in total. The highest BCUT2D eigenvalue weighted by Gasteiger charge is 2.38. The smallest absolute Gasteiger partial charge is 0.351 e. The van der Waals surface area contributed by atoms with Crippen LogP contribution in [0.15, 0.2) is 0 Å². The van der Waals surface area contributed by atoms with Crippen molar-refractivity contribution < 1.29 is 15.0 Å². The van der Waals surface area contributed by atoms with Crippen LogP contribution >= 0.6 is 12.4 Å². The molecule has 0 spiro atoms. The van der Waals surface area contributed by atoms with Gasteiger partial charge in [0.1, 0.15) is 0 Å². The van der Waals surface area contributed by atoms with E-state index < -0.39 is 11.7 Å². The number of aliphatic carboxylic acids is 1. The van der Waals surface area contributed by atoms with Crippen LogP contribution in [0.3, 0.4) is 0 Å². The van der Waals surface area contributed by atoms with E-state index in [-0.39, 0.29) is 12.4 Å². The number of carboxylic acids is 1. The SMILES string of the molecule is Cl.O=C(O)[C@@]1(O)CCCN1. The summed E-state index contributed by atoms with van der Waals surface area (Å²) in [7, 11) is 0. The van der Waals surface area contributed by atoms with Gasteiger partial charge in [-0.05, 0) is 13.0 Å². The fourth-order valence-electron chi connectivity index (χ4n) is 0.910. The molecule has 1 aliphatic rings. The van der Waals surface area contributed by atoms with Crippen molar-refractivity contribution in [3.05, 3.63) is 0 Å². The first kappa shape index (κ1) is 9.68. The highest BCUT2D eigenvalue weighted by Crippen LogP contribution is 2.14. The molecule has 1 fully saturated rings. The van der Waals surface area contributed by atoms with E-state index in [9.17, 15) is 4.79 Å². The van der Waals surface area contributed by atoms with Gasteiger partial charge in [-0.15, -0.1) is 12.4 Å². The first-order chi connectivity index (χ1) is 4.15. The summed E-state index contributed by atoms with van der Waals surface area (Å²) in [6, 6.07) is 0. The van der Waals surface area contributed by atoms with Gasteiger partial charge in [0.05, 0.1) is 0 Å². The third-order valence-corrected chi connectivity index (χ3v) is 1.49. The van der Waals surface area contributed by atoms with Gasteiger partial charge in [-0.1, -0.05) is 0 Å². The van der Waals surface area contributed by atoms with Crippen molar-refractivity contribution in [1.29, 1.82) is 0 Å². The number of carboxylic acid groups (broad SMARTS) is 1. The number of carbonyl (C=O) groups is 1. The Morgan fingerprint density at radius 1 is 1.60 bits per heavy atom. The van der Waals surface area contributed by atoms with Gasteiger partial charge in [0, 0.05) is 6.42 Å². The predicted octanol–water partition coefficient (Wildman–Crippen LogP) is -0.435. The van der Waals surface area contributed by atoms with Crippen LogP contribution in [-0.2, 0) is 4.79 Å². The number of aliphatic hydroxyl groups is 1. The summed E-state index contributed by atoms with van der Waals surface area (Å²) in [5.41, 5.74) is -1.64. The van der Waals surface area contributed by atoms with Crippen molar-refractivity contribution in [3.8, 4) is 0 Å². The molecule has 0 saturated carbocycles. The molecule has 0 unspecified atom stereocenters. The first-order valence-corrected chi connectivity index (χ1v) is 2.86. The molecule has 0 bridgehead atoms.